The molecule has 92 valence electrons. The molecule has 2 rings (SSSR count). The lowest BCUT2D eigenvalue weighted by molar-refractivity contribution is 0.148. The molecule has 2 atom stereocenters. The molecule has 1 N–H and O–H groups in total. The topological polar surface area (TPSA) is 38.3 Å². The molecule has 0 heterocycles. The molecule has 0 fully saturated rings. The summed E-state index contributed by atoms with van der Waals surface area (Å²) in [5.41, 5.74) is 2.66. The zero-order chi connectivity index (χ0) is 12.3. The zero-order valence-electron chi connectivity index (χ0n) is 10.1. The number of fused-ring (bicyclic) bond motifs is 1. The summed E-state index contributed by atoms with van der Waals surface area (Å²) in [6, 6.07) is 8.51. The third kappa shape index (κ3) is 2.57. The highest BCUT2D eigenvalue weighted by atomic mass is 32.2. The lowest BCUT2D eigenvalue weighted by Gasteiger charge is -2.19. The average molecular weight is 251 g/mol. The van der Waals surface area contributed by atoms with Gasteiger partial charge in [-0.2, -0.15) is 11.8 Å². The van der Waals surface area contributed by atoms with Gasteiger partial charge < -0.3 is 10.1 Å². The Bertz CT molecular complexity index is 408. The van der Waals surface area contributed by atoms with E-state index >= 15 is 0 Å². The summed E-state index contributed by atoms with van der Waals surface area (Å²) in [5.74, 6) is 0. The van der Waals surface area contributed by atoms with Gasteiger partial charge in [0.1, 0.15) is 0 Å². The zero-order valence-corrected chi connectivity index (χ0v) is 10.9. The summed E-state index contributed by atoms with van der Waals surface area (Å²) in [4.78, 5) is 11.5. The first-order valence-electron chi connectivity index (χ1n) is 5.80. The second-order valence-electron chi connectivity index (χ2n) is 4.03. The second kappa shape index (κ2) is 5.45. The van der Waals surface area contributed by atoms with Crippen LogP contribution >= 0.6 is 11.8 Å². The van der Waals surface area contributed by atoms with E-state index < -0.39 is 0 Å². The van der Waals surface area contributed by atoms with Crippen molar-refractivity contribution in [3.8, 4) is 0 Å². The number of carbonyl (C=O) groups excluding carboxylic acids is 1. The smallest absolute Gasteiger partial charge is 0.407 e. The van der Waals surface area contributed by atoms with Crippen LogP contribution in [-0.4, -0.2) is 25.0 Å². The molecule has 1 aliphatic carbocycles. The normalized spacial score (nSPS) is 22.0. The first-order chi connectivity index (χ1) is 8.26. The number of alkyl carbamates (subject to hydrolysis) is 1. The van der Waals surface area contributed by atoms with Crippen molar-refractivity contribution in [2.24, 2.45) is 0 Å². The molecule has 0 saturated carbocycles. The van der Waals surface area contributed by atoms with Crippen LogP contribution in [0.5, 0.6) is 0 Å². The molecule has 1 aromatic rings. The molecule has 17 heavy (non-hydrogen) atoms. The predicted octanol–water partition coefficient (Wildman–Crippen LogP) is 2.76. The minimum absolute atomic E-state index is 0.140. The fraction of sp³-hybridized carbons (Fsp3) is 0.462. The first kappa shape index (κ1) is 12.3. The number of hydrogen-bond donors (Lipinski definition) is 1. The number of thioether (sulfide) groups is 1. The highest BCUT2D eigenvalue weighted by Crippen LogP contribution is 2.39. The summed E-state index contributed by atoms with van der Waals surface area (Å²) in [5, 5.41) is 3.28. The number of amides is 1. The van der Waals surface area contributed by atoms with Gasteiger partial charge in [-0.15, -0.1) is 0 Å². The molecular formula is C13H17NO2S. The number of benzene rings is 1. The Morgan fingerprint density at radius 3 is 3.00 bits per heavy atom. The van der Waals surface area contributed by atoms with Gasteiger partial charge >= 0.3 is 6.09 Å². The lowest BCUT2D eigenvalue weighted by Crippen LogP contribution is -2.37. The molecule has 0 aliphatic heterocycles. The van der Waals surface area contributed by atoms with Crippen molar-refractivity contribution >= 4 is 17.9 Å². The lowest BCUT2D eigenvalue weighted by atomic mass is 10.1. The van der Waals surface area contributed by atoms with Crippen LogP contribution in [0.1, 0.15) is 23.3 Å². The van der Waals surface area contributed by atoms with E-state index in [4.69, 9.17) is 4.74 Å². The van der Waals surface area contributed by atoms with Crippen molar-refractivity contribution in [3.05, 3.63) is 35.4 Å². The summed E-state index contributed by atoms with van der Waals surface area (Å²) < 4.78 is 4.94. The maximum absolute atomic E-state index is 11.5. The van der Waals surface area contributed by atoms with E-state index in [0.717, 1.165) is 6.42 Å². The Labute approximate surface area is 106 Å². The van der Waals surface area contributed by atoms with Crippen LogP contribution in [0.4, 0.5) is 4.79 Å². The Kier molecular flexibility index (Phi) is 3.94. The summed E-state index contributed by atoms with van der Waals surface area (Å²) in [6.07, 6.45) is 2.65. The van der Waals surface area contributed by atoms with E-state index in [0.29, 0.717) is 11.9 Å². The molecule has 1 aromatic carbocycles. The van der Waals surface area contributed by atoms with Crippen LogP contribution in [0.25, 0.3) is 0 Å². The minimum atomic E-state index is -0.315. The van der Waals surface area contributed by atoms with E-state index in [9.17, 15) is 4.79 Å². The van der Waals surface area contributed by atoms with Gasteiger partial charge in [-0.3, -0.25) is 0 Å². The molecule has 1 amide bonds. The number of nitrogens with one attached hydrogen (secondary N) is 1. The monoisotopic (exact) mass is 251 g/mol. The van der Waals surface area contributed by atoms with Gasteiger partial charge in [0.05, 0.1) is 17.9 Å². The number of hydrogen-bond acceptors (Lipinski definition) is 3. The SMILES string of the molecule is CCOC(=O)NC1Cc2ccccc2[C@H]1SC. The largest absolute Gasteiger partial charge is 0.450 e. The van der Waals surface area contributed by atoms with Gasteiger partial charge in [0.15, 0.2) is 0 Å². The standard InChI is InChI=1S/C13H17NO2S/c1-3-16-13(15)14-11-8-9-6-4-5-7-10(9)12(11)17-2/h4-7,11-12H,3,8H2,1-2H3,(H,14,15)/t11?,12-/m1/s1. The van der Waals surface area contributed by atoms with Crippen molar-refractivity contribution in [2.45, 2.75) is 24.6 Å². The minimum Gasteiger partial charge on any atom is -0.450 e. The Morgan fingerprint density at radius 1 is 1.53 bits per heavy atom. The predicted molar refractivity (Wildman–Crippen MR) is 70.3 cm³/mol. The third-order valence-corrected chi connectivity index (χ3v) is 4.09. The molecule has 1 unspecified atom stereocenters. The maximum Gasteiger partial charge on any atom is 0.407 e. The van der Waals surface area contributed by atoms with Crippen molar-refractivity contribution < 1.29 is 9.53 Å². The van der Waals surface area contributed by atoms with Gasteiger partial charge in [0.25, 0.3) is 0 Å². The molecule has 0 aromatic heterocycles. The van der Waals surface area contributed by atoms with Gasteiger partial charge in [-0.25, -0.2) is 4.79 Å². The molecule has 0 bridgehead atoms. The van der Waals surface area contributed by atoms with Gasteiger partial charge in [0.2, 0.25) is 0 Å². The van der Waals surface area contributed by atoms with E-state index in [-0.39, 0.29) is 12.1 Å². The highest BCUT2D eigenvalue weighted by Gasteiger charge is 2.32. The molecule has 4 heteroatoms. The first-order valence-corrected chi connectivity index (χ1v) is 7.09. The van der Waals surface area contributed by atoms with Crippen LogP contribution in [-0.2, 0) is 11.2 Å². The molecule has 0 saturated heterocycles. The van der Waals surface area contributed by atoms with E-state index in [1.165, 1.54) is 11.1 Å². The number of carbonyl (C=O) groups is 1. The average Bonchev–Trinajstić information content (AvgIpc) is 2.66. The van der Waals surface area contributed by atoms with E-state index in [1.807, 2.05) is 13.0 Å². The number of ether oxygens (including phenoxy) is 1. The van der Waals surface area contributed by atoms with Crippen LogP contribution in [0.3, 0.4) is 0 Å². The van der Waals surface area contributed by atoms with Crippen LogP contribution in [0.2, 0.25) is 0 Å². The Hall–Kier alpha value is -1.16. The maximum atomic E-state index is 11.5. The van der Waals surface area contributed by atoms with Crippen molar-refractivity contribution in [3.63, 3.8) is 0 Å². The Morgan fingerprint density at radius 2 is 2.29 bits per heavy atom. The molecule has 0 spiro atoms. The summed E-state index contributed by atoms with van der Waals surface area (Å²) in [6.45, 7) is 2.23. The van der Waals surface area contributed by atoms with E-state index in [2.05, 4.69) is 29.8 Å². The van der Waals surface area contributed by atoms with E-state index in [1.54, 1.807) is 11.8 Å². The Balaban J connectivity index is 2.09. The van der Waals surface area contributed by atoms with Crippen LogP contribution < -0.4 is 5.32 Å². The molecule has 0 radical (unpaired) electrons. The van der Waals surface area contributed by atoms with Gasteiger partial charge in [-0.1, -0.05) is 24.3 Å². The molecular weight excluding hydrogens is 234 g/mol. The van der Waals surface area contributed by atoms with Gasteiger partial charge in [0, 0.05) is 0 Å². The van der Waals surface area contributed by atoms with Crippen LogP contribution in [0.15, 0.2) is 24.3 Å². The number of rotatable bonds is 3. The third-order valence-electron chi connectivity index (χ3n) is 3.00. The summed E-state index contributed by atoms with van der Waals surface area (Å²) >= 11 is 1.77. The quantitative estimate of drug-likeness (QED) is 0.897. The van der Waals surface area contributed by atoms with Crippen molar-refractivity contribution in [2.75, 3.05) is 12.9 Å². The van der Waals surface area contributed by atoms with Gasteiger partial charge in [-0.05, 0) is 30.7 Å². The van der Waals surface area contributed by atoms with Crippen LogP contribution in [0, 0.1) is 0 Å². The fourth-order valence-corrected chi connectivity index (χ4v) is 3.28. The highest BCUT2D eigenvalue weighted by molar-refractivity contribution is 7.98. The van der Waals surface area contributed by atoms with Crippen molar-refractivity contribution in [1.82, 2.24) is 5.32 Å². The second-order valence-corrected chi connectivity index (χ2v) is 5.01. The molecule has 3 nitrogen and oxygen atoms in total. The summed E-state index contributed by atoms with van der Waals surface area (Å²) in [7, 11) is 0. The molecule has 1 aliphatic rings. The fourth-order valence-electron chi connectivity index (χ4n) is 2.30. The van der Waals surface area contributed by atoms with Crippen molar-refractivity contribution in [1.29, 1.82) is 0 Å².